The molecular formula is C15H32N2O. The number of hydrogen-bond donors (Lipinski definition) is 1. The van der Waals surface area contributed by atoms with Gasteiger partial charge in [0.2, 0.25) is 5.91 Å². The molecule has 0 aromatic heterocycles. The zero-order valence-corrected chi connectivity index (χ0v) is 13.5. The number of nitrogens with one attached hydrogen (secondary N) is 1. The molecule has 3 nitrogen and oxygen atoms in total. The highest BCUT2D eigenvalue weighted by molar-refractivity contribution is 5.81. The lowest BCUT2D eigenvalue weighted by molar-refractivity contribution is -0.133. The molecule has 0 spiro atoms. The van der Waals surface area contributed by atoms with Crippen LogP contribution in [-0.4, -0.2) is 37.0 Å². The van der Waals surface area contributed by atoms with Crippen molar-refractivity contribution in [3.05, 3.63) is 12.2 Å². The van der Waals surface area contributed by atoms with E-state index in [2.05, 4.69) is 25.7 Å². The Balaban J connectivity index is 0. The van der Waals surface area contributed by atoms with Crippen LogP contribution in [0.2, 0.25) is 0 Å². The second kappa shape index (κ2) is 10.1. The Morgan fingerprint density at radius 3 is 2.00 bits per heavy atom. The summed E-state index contributed by atoms with van der Waals surface area (Å²) in [4.78, 5) is 13.8. The van der Waals surface area contributed by atoms with E-state index in [9.17, 15) is 4.79 Å². The number of nitrogens with zero attached hydrogens (tertiary/aromatic N) is 1. The summed E-state index contributed by atoms with van der Waals surface area (Å²) in [5, 5.41) is 2.97. The second-order valence-electron chi connectivity index (χ2n) is 4.95. The van der Waals surface area contributed by atoms with Gasteiger partial charge in [-0.25, -0.2) is 0 Å². The molecule has 1 amide bonds. The van der Waals surface area contributed by atoms with Gasteiger partial charge in [0.25, 0.3) is 0 Å². The van der Waals surface area contributed by atoms with Gasteiger partial charge in [0.1, 0.15) is 0 Å². The minimum Gasteiger partial charge on any atom is -0.338 e. The van der Waals surface area contributed by atoms with Crippen LogP contribution >= 0.6 is 0 Å². The summed E-state index contributed by atoms with van der Waals surface area (Å²) in [5.41, 5.74) is 1.05. The van der Waals surface area contributed by atoms with Crippen LogP contribution < -0.4 is 5.32 Å². The maximum atomic E-state index is 12.0. The zero-order chi connectivity index (χ0) is 14.9. The van der Waals surface area contributed by atoms with Crippen molar-refractivity contribution in [2.75, 3.05) is 14.1 Å². The number of carbonyl (C=O) groups is 1. The summed E-state index contributed by atoms with van der Waals surface area (Å²) in [5.74, 6) is 0.679. The van der Waals surface area contributed by atoms with Crippen LogP contribution in [-0.2, 0) is 4.79 Å². The minimum atomic E-state index is -0.140. The normalized spacial score (nSPS) is 13.4. The largest absolute Gasteiger partial charge is 0.338 e. The first-order chi connectivity index (χ1) is 8.31. The fourth-order valence-corrected chi connectivity index (χ4v) is 1.72. The fourth-order valence-electron chi connectivity index (χ4n) is 1.72. The average molecular weight is 256 g/mol. The van der Waals surface area contributed by atoms with Crippen molar-refractivity contribution in [3.63, 3.8) is 0 Å². The molecule has 108 valence electrons. The predicted molar refractivity (Wildman–Crippen MR) is 80.7 cm³/mol. The number of rotatable bonds is 6. The molecule has 1 N–H and O–H groups in total. The summed E-state index contributed by atoms with van der Waals surface area (Å²) in [6.07, 6.45) is 0.966. The van der Waals surface area contributed by atoms with Gasteiger partial charge in [0, 0.05) is 7.05 Å². The molecule has 0 aliphatic rings. The lowest BCUT2D eigenvalue weighted by Gasteiger charge is -2.32. The maximum Gasteiger partial charge on any atom is 0.239 e. The summed E-state index contributed by atoms with van der Waals surface area (Å²) < 4.78 is 0. The smallest absolute Gasteiger partial charge is 0.239 e. The first-order valence-corrected chi connectivity index (χ1v) is 6.90. The van der Waals surface area contributed by atoms with E-state index >= 15 is 0 Å². The van der Waals surface area contributed by atoms with Gasteiger partial charge < -0.3 is 10.2 Å². The lowest BCUT2D eigenvalue weighted by atomic mass is 9.97. The van der Waals surface area contributed by atoms with Crippen LogP contribution in [0.1, 0.15) is 48.0 Å². The third-order valence-corrected chi connectivity index (χ3v) is 2.88. The first kappa shape index (κ1) is 19.5. The van der Waals surface area contributed by atoms with Gasteiger partial charge in [-0.05, 0) is 33.2 Å². The van der Waals surface area contributed by atoms with Gasteiger partial charge in [0.05, 0.1) is 12.1 Å². The molecule has 0 fully saturated rings. The van der Waals surface area contributed by atoms with E-state index in [1.807, 2.05) is 39.6 Å². The van der Waals surface area contributed by atoms with E-state index in [-0.39, 0.29) is 18.0 Å². The lowest BCUT2D eigenvalue weighted by Crippen LogP contribution is -2.47. The summed E-state index contributed by atoms with van der Waals surface area (Å²) in [7, 11) is 3.66. The van der Waals surface area contributed by atoms with E-state index in [1.165, 1.54) is 0 Å². The highest BCUT2D eigenvalue weighted by Gasteiger charge is 2.24. The van der Waals surface area contributed by atoms with Crippen LogP contribution in [0, 0.1) is 5.92 Å². The van der Waals surface area contributed by atoms with Crippen molar-refractivity contribution < 1.29 is 4.79 Å². The minimum absolute atomic E-state index is 0.121. The summed E-state index contributed by atoms with van der Waals surface area (Å²) in [6, 6.07) is 0.00214. The van der Waals surface area contributed by atoms with Crippen LogP contribution in [0.15, 0.2) is 12.2 Å². The van der Waals surface area contributed by atoms with Gasteiger partial charge in [-0.2, -0.15) is 0 Å². The van der Waals surface area contributed by atoms with E-state index in [1.54, 1.807) is 7.05 Å². The molecule has 0 saturated carbocycles. The fraction of sp³-hybridized carbons (Fsp3) is 0.800. The third-order valence-electron chi connectivity index (χ3n) is 2.88. The van der Waals surface area contributed by atoms with Gasteiger partial charge in [-0.1, -0.05) is 39.8 Å². The van der Waals surface area contributed by atoms with Crippen molar-refractivity contribution in [1.29, 1.82) is 0 Å². The number of hydrogen-bond acceptors (Lipinski definition) is 2. The Bertz CT molecular complexity index is 249. The van der Waals surface area contributed by atoms with Crippen molar-refractivity contribution >= 4 is 5.91 Å². The number of likely N-dealkylation sites (N-methyl/N-ethyl adjacent to an activating group) is 2. The molecule has 0 aromatic carbocycles. The van der Waals surface area contributed by atoms with Gasteiger partial charge in [0.15, 0.2) is 0 Å². The van der Waals surface area contributed by atoms with Crippen LogP contribution in [0.25, 0.3) is 0 Å². The van der Waals surface area contributed by atoms with Crippen molar-refractivity contribution in [2.45, 2.75) is 60.0 Å². The zero-order valence-electron chi connectivity index (χ0n) is 13.5. The molecule has 0 bridgehead atoms. The molecule has 0 saturated heterocycles. The van der Waals surface area contributed by atoms with Gasteiger partial charge >= 0.3 is 0 Å². The highest BCUT2D eigenvalue weighted by Crippen LogP contribution is 2.17. The molecule has 0 aliphatic heterocycles. The van der Waals surface area contributed by atoms with E-state index in [0.29, 0.717) is 5.92 Å². The van der Waals surface area contributed by atoms with Crippen LogP contribution in [0.4, 0.5) is 0 Å². The van der Waals surface area contributed by atoms with Crippen molar-refractivity contribution in [3.8, 4) is 0 Å². The molecule has 3 heteroatoms. The topological polar surface area (TPSA) is 32.3 Å². The maximum absolute atomic E-state index is 12.0. The van der Waals surface area contributed by atoms with Crippen LogP contribution in [0.5, 0.6) is 0 Å². The monoisotopic (exact) mass is 256 g/mol. The molecular weight excluding hydrogens is 224 g/mol. The molecule has 2 unspecified atom stereocenters. The first-order valence-electron chi connectivity index (χ1n) is 6.90. The van der Waals surface area contributed by atoms with E-state index in [0.717, 1.165) is 12.0 Å². The SMILES string of the molecule is C=C(C)C(CC(C)C)N(C)C(=O)C(C)NC.CC. The van der Waals surface area contributed by atoms with Gasteiger partial charge in [-0.3, -0.25) is 4.79 Å². The van der Waals surface area contributed by atoms with E-state index < -0.39 is 0 Å². The van der Waals surface area contributed by atoms with Gasteiger partial charge in [-0.15, -0.1) is 0 Å². The molecule has 18 heavy (non-hydrogen) atoms. The van der Waals surface area contributed by atoms with Crippen molar-refractivity contribution in [1.82, 2.24) is 10.2 Å². The molecule has 0 heterocycles. The highest BCUT2D eigenvalue weighted by atomic mass is 16.2. The second-order valence-corrected chi connectivity index (χ2v) is 4.95. The van der Waals surface area contributed by atoms with Crippen LogP contribution in [0.3, 0.4) is 0 Å². The Hall–Kier alpha value is -0.830. The Labute approximate surface area is 114 Å². The van der Waals surface area contributed by atoms with E-state index in [4.69, 9.17) is 0 Å². The number of carbonyl (C=O) groups excluding carboxylic acids is 1. The molecule has 0 aromatic rings. The molecule has 0 aliphatic carbocycles. The predicted octanol–water partition coefficient (Wildman–Crippen LogP) is 3.07. The Morgan fingerprint density at radius 1 is 1.28 bits per heavy atom. The molecule has 2 atom stereocenters. The average Bonchev–Trinajstić information content (AvgIpc) is 2.35. The number of amides is 1. The van der Waals surface area contributed by atoms with Crippen molar-refractivity contribution in [2.24, 2.45) is 5.92 Å². The quantitative estimate of drug-likeness (QED) is 0.741. The Morgan fingerprint density at radius 2 is 1.72 bits per heavy atom. The summed E-state index contributed by atoms with van der Waals surface area (Å²) in [6.45, 7) is 16.2. The standard InChI is InChI=1S/C13H26N2O.C2H6/c1-9(2)8-12(10(3)4)15(7)13(16)11(5)14-6;1-2/h9,11-12,14H,3,8H2,1-2,4-7H3;1-2H3. The molecule has 0 radical (unpaired) electrons. The molecule has 0 rings (SSSR count). The Kier molecular flexibility index (Phi) is 11.0. The third kappa shape index (κ3) is 6.80. The summed E-state index contributed by atoms with van der Waals surface area (Å²) >= 11 is 0.